The second-order valence-electron chi connectivity index (χ2n) is 2.41. The second kappa shape index (κ2) is 1.22. The van der Waals surface area contributed by atoms with Gasteiger partial charge in [0.05, 0.1) is 0 Å². The van der Waals surface area contributed by atoms with Crippen molar-refractivity contribution in [3.63, 3.8) is 0 Å². The number of nitrogens with zero attached hydrogens (tertiary/aromatic N) is 1. The highest BCUT2D eigenvalue weighted by Gasteiger charge is 2.32. The van der Waals surface area contributed by atoms with Crippen LogP contribution in [0.2, 0.25) is 0 Å². The predicted molar refractivity (Wildman–Crippen MR) is 28.7 cm³/mol. The molecule has 0 amide bonds. The highest BCUT2D eigenvalue weighted by Crippen LogP contribution is 2.34. The van der Waals surface area contributed by atoms with Crippen LogP contribution in [-0.4, -0.2) is 18.0 Å². The molecule has 0 saturated carbocycles. The van der Waals surface area contributed by atoms with E-state index in [1.807, 2.05) is 0 Å². The van der Waals surface area contributed by atoms with Gasteiger partial charge in [0.2, 0.25) is 0 Å². The topological polar surface area (TPSA) is 3.24 Å². The van der Waals surface area contributed by atoms with Crippen LogP contribution >= 0.6 is 0 Å². The molecule has 2 heterocycles. The first-order valence-electron chi connectivity index (χ1n) is 3.06. The van der Waals surface area contributed by atoms with E-state index in [1.54, 1.807) is 6.04 Å². The first-order valence-corrected chi connectivity index (χ1v) is 3.06. The molecule has 0 aromatic heterocycles. The first-order chi connectivity index (χ1) is 3.47. The van der Waals surface area contributed by atoms with Crippen molar-refractivity contribution in [3.8, 4) is 0 Å². The lowest BCUT2D eigenvalue weighted by Gasteiger charge is -2.33. The fourth-order valence-corrected chi connectivity index (χ4v) is 1.46. The van der Waals surface area contributed by atoms with Gasteiger partial charge < -0.3 is 0 Å². The van der Waals surface area contributed by atoms with Crippen LogP contribution in [0.1, 0.15) is 19.3 Å². The molecular formula is C6H10N. The monoisotopic (exact) mass is 96.1 g/mol. The molecule has 2 aliphatic rings. The average Bonchev–Trinajstić information content (AvgIpc) is 1.85. The molecule has 2 aliphatic heterocycles. The van der Waals surface area contributed by atoms with E-state index in [2.05, 4.69) is 4.90 Å². The molecule has 0 aliphatic carbocycles. The van der Waals surface area contributed by atoms with Crippen molar-refractivity contribution in [1.29, 1.82) is 0 Å². The molecule has 0 atom stereocenters. The van der Waals surface area contributed by atoms with Crippen LogP contribution in [0.15, 0.2) is 0 Å². The summed E-state index contributed by atoms with van der Waals surface area (Å²) in [7, 11) is 0. The van der Waals surface area contributed by atoms with Crippen LogP contribution < -0.4 is 0 Å². The molecule has 1 heteroatoms. The molecule has 2 fully saturated rings. The maximum Gasteiger partial charge on any atom is 0.0406 e. The summed E-state index contributed by atoms with van der Waals surface area (Å²) in [6.45, 7) is 2.71. The normalized spacial score (nSPS) is 32.6. The van der Waals surface area contributed by atoms with Gasteiger partial charge in [0.1, 0.15) is 0 Å². The van der Waals surface area contributed by atoms with E-state index in [1.165, 1.54) is 32.4 Å². The van der Waals surface area contributed by atoms with Crippen molar-refractivity contribution in [2.45, 2.75) is 19.3 Å². The second-order valence-corrected chi connectivity index (χ2v) is 2.41. The Morgan fingerprint density at radius 3 is 2.43 bits per heavy atom. The van der Waals surface area contributed by atoms with Gasteiger partial charge in [-0.2, -0.15) is 0 Å². The highest BCUT2D eigenvalue weighted by molar-refractivity contribution is 5.03. The summed E-state index contributed by atoms with van der Waals surface area (Å²) in [5.41, 5.74) is 0. The summed E-state index contributed by atoms with van der Waals surface area (Å²) in [4.78, 5) is 2.50. The average molecular weight is 96.2 g/mol. The first kappa shape index (κ1) is 3.90. The standard InChI is InChI=1S/C6H10N/c1-2-6-3-5-7(6)4-1/h1-5H2. The van der Waals surface area contributed by atoms with Crippen molar-refractivity contribution < 1.29 is 0 Å². The fourth-order valence-electron chi connectivity index (χ4n) is 1.46. The molecule has 2 rings (SSSR count). The Morgan fingerprint density at radius 1 is 1.14 bits per heavy atom. The lowest BCUT2D eigenvalue weighted by Crippen LogP contribution is -2.35. The Kier molecular flexibility index (Phi) is 0.680. The maximum atomic E-state index is 2.50. The van der Waals surface area contributed by atoms with Crippen LogP contribution in [0.25, 0.3) is 0 Å². The zero-order valence-electron chi connectivity index (χ0n) is 4.48. The van der Waals surface area contributed by atoms with Gasteiger partial charge in [0, 0.05) is 12.6 Å². The minimum atomic E-state index is 1.36. The van der Waals surface area contributed by atoms with Gasteiger partial charge in [0.15, 0.2) is 0 Å². The zero-order chi connectivity index (χ0) is 4.69. The summed E-state index contributed by atoms with van der Waals surface area (Å²) in [5.74, 6) is 0. The van der Waals surface area contributed by atoms with Crippen LogP contribution in [0.3, 0.4) is 0 Å². The molecule has 39 valence electrons. The minimum Gasteiger partial charge on any atom is -0.296 e. The Morgan fingerprint density at radius 2 is 2.14 bits per heavy atom. The Labute approximate surface area is 44.3 Å². The molecule has 7 heavy (non-hydrogen) atoms. The van der Waals surface area contributed by atoms with Gasteiger partial charge in [-0.05, 0) is 25.8 Å². The number of hydrogen-bond donors (Lipinski definition) is 0. The van der Waals surface area contributed by atoms with Gasteiger partial charge in [-0.15, -0.1) is 0 Å². The summed E-state index contributed by atoms with van der Waals surface area (Å²) in [5, 5.41) is 0. The Balaban J connectivity index is 2.03. The number of rotatable bonds is 0. The van der Waals surface area contributed by atoms with Crippen LogP contribution in [0, 0.1) is 6.04 Å². The Hall–Kier alpha value is -0.0400. The van der Waals surface area contributed by atoms with Gasteiger partial charge in [0.25, 0.3) is 0 Å². The molecular weight excluding hydrogens is 86.1 g/mol. The summed E-state index contributed by atoms with van der Waals surface area (Å²) in [6, 6.07) is 1.72. The molecule has 1 radical (unpaired) electrons. The smallest absolute Gasteiger partial charge is 0.0406 e. The zero-order valence-corrected chi connectivity index (χ0v) is 4.48. The lowest BCUT2D eigenvalue weighted by atomic mass is 10.1. The lowest BCUT2D eigenvalue weighted by molar-refractivity contribution is 0.231. The summed E-state index contributed by atoms with van der Waals surface area (Å²) >= 11 is 0. The maximum absolute atomic E-state index is 2.50. The van der Waals surface area contributed by atoms with Crippen LogP contribution in [0.5, 0.6) is 0 Å². The quantitative estimate of drug-likeness (QED) is 0.435. The predicted octanol–water partition coefficient (Wildman–Crippen LogP) is 1.02. The van der Waals surface area contributed by atoms with E-state index in [0.717, 1.165) is 0 Å². The van der Waals surface area contributed by atoms with Crippen molar-refractivity contribution in [3.05, 3.63) is 6.04 Å². The molecule has 0 spiro atoms. The van der Waals surface area contributed by atoms with Gasteiger partial charge in [-0.1, -0.05) is 0 Å². The third-order valence-electron chi connectivity index (χ3n) is 2.01. The van der Waals surface area contributed by atoms with Crippen molar-refractivity contribution >= 4 is 0 Å². The highest BCUT2D eigenvalue weighted by atomic mass is 15.2. The SMILES string of the molecule is C1C[C]2CCN2C1. The van der Waals surface area contributed by atoms with E-state index in [9.17, 15) is 0 Å². The fraction of sp³-hybridized carbons (Fsp3) is 0.833. The largest absolute Gasteiger partial charge is 0.296 e. The van der Waals surface area contributed by atoms with E-state index in [4.69, 9.17) is 0 Å². The summed E-state index contributed by atoms with van der Waals surface area (Å²) in [6.07, 6.45) is 4.23. The van der Waals surface area contributed by atoms with E-state index < -0.39 is 0 Å². The van der Waals surface area contributed by atoms with E-state index in [0.29, 0.717) is 0 Å². The van der Waals surface area contributed by atoms with E-state index >= 15 is 0 Å². The Bertz CT molecular complexity index is 70.2. The molecule has 1 nitrogen and oxygen atoms in total. The molecule has 0 aromatic rings. The molecule has 2 saturated heterocycles. The number of fused-ring (bicyclic) bond motifs is 1. The van der Waals surface area contributed by atoms with Crippen molar-refractivity contribution in [2.75, 3.05) is 13.1 Å². The number of hydrogen-bond acceptors (Lipinski definition) is 1. The molecule has 0 N–H and O–H groups in total. The van der Waals surface area contributed by atoms with Gasteiger partial charge in [-0.3, -0.25) is 4.90 Å². The van der Waals surface area contributed by atoms with Gasteiger partial charge >= 0.3 is 0 Å². The minimum absolute atomic E-state index is 1.36. The van der Waals surface area contributed by atoms with Crippen molar-refractivity contribution in [2.24, 2.45) is 0 Å². The third-order valence-corrected chi connectivity index (χ3v) is 2.01. The van der Waals surface area contributed by atoms with Crippen LogP contribution in [-0.2, 0) is 0 Å². The van der Waals surface area contributed by atoms with Crippen molar-refractivity contribution in [1.82, 2.24) is 4.90 Å². The molecule has 0 aromatic carbocycles. The summed E-state index contributed by atoms with van der Waals surface area (Å²) < 4.78 is 0. The van der Waals surface area contributed by atoms with E-state index in [-0.39, 0.29) is 0 Å². The van der Waals surface area contributed by atoms with Crippen LogP contribution in [0.4, 0.5) is 0 Å². The van der Waals surface area contributed by atoms with Gasteiger partial charge in [-0.25, -0.2) is 0 Å². The third kappa shape index (κ3) is 0.418. The molecule has 0 bridgehead atoms. The molecule has 0 unspecified atom stereocenters.